The fourth-order valence-electron chi connectivity index (χ4n) is 3.11. The SMILES string of the molecule is COc1cc(OC)c2c(c1)c1cc(C)ccc1[s+]2-c1cccnc1.O=S(=O)([O-])C(F)(F)F. The number of pyridine rings is 1. The molecule has 0 N–H and O–H groups in total. The zero-order chi connectivity index (χ0) is 23.7. The maximum Gasteiger partial charge on any atom is 0.485 e. The third-order valence-electron chi connectivity index (χ3n) is 4.49. The van der Waals surface area contributed by atoms with E-state index in [0.717, 1.165) is 11.5 Å². The van der Waals surface area contributed by atoms with Gasteiger partial charge in [-0.15, -0.1) is 0 Å². The van der Waals surface area contributed by atoms with Crippen LogP contribution in [0.25, 0.3) is 25.1 Å². The van der Waals surface area contributed by atoms with Crippen molar-refractivity contribution >= 4 is 40.8 Å². The van der Waals surface area contributed by atoms with Gasteiger partial charge < -0.3 is 14.0 Å². The fourth-order valence-corrected chi connectivity index (χ4v) is 5.53. The number of alkyl halides is 3. The van der Waals surface area contributed by atoms with Crippen molar-refractivity contribution in [3.63, 3.8) is 0 Å². The Morgan fingerprint density at radius 1 is 1.03 bits per heavy atom. The second-order valence-corrected chi connectivity index (χ2v) is 9.90. The molecule has 11 heteroatoms. The number of nitrogens with zero attached hydrogens (tertiary/aromatic N) is 1. The van der Waals surface area contributed by atoms with Crippen LogP contribution in [0.3, 0.4) is 0 Å². The molecule has 6 nitrogen and oxygen atoms in total. The summed E-state index contributed by atoms with van der Waals surface area (Å²) in [7, 11) is -2.90. The number of fused-ring (bicyclic) bond motifs is 3. The van der Waals surface area contributed by atoms with Crippen LogP contribution >= 0.6 is 10.5 Å². The Hall–Kier alpha value is -2.89. The minimum absolute atomic E-state index is 0.214. The third-order valence-corrected chi connectivity index (χ3v) is 7.39. The molecule has 0 bridgehead atoms. The summed E-state index contributed by atoms with van der Waals surface area (Å²) in [5.41, 5.74) is -4.40. The van der Waals surface area contributed by atoms with Gasteiger partial charge in [0.25, 0.3) is 0 Å². The van der Waals surface area contributed by atoms with Crippen LogP contribution in [0.5, 0.6) is 11.5 Å². The first-order chi connectivity index (χ1) is 15.0. The quantitative estimate of drug-likeness (QED) is 0.216. The number of methoxy groups -OCH3 is 2. The molecule has 1 unspecified atom stereocenters. The monoisotopic (exact) mass is 485 g/mol. The number of aryl methyl sites for hydroxylation is 1. The summed E-state index contributed by atoms with van der Waals surface area (Å²) in [6.07, 6.45) is 3.76. The predicted octanol–water partition coefficient (Wildman–Crippen LogP) is 5.50. The smallest absolute Gasteiger partial charge is 0.485 e. The van der Waals surface area contributed by atoms with Crippen molar-refractivity contribution in [1.82, 2.24) is 4.98 Å². The molecule has 0 aliphatic carbocycles. The van der Waals surface area contributed by atoms with Gasteiger partial charge in [0.15, 0.2) is 25.5 Å². The largest absolute Gasteiger partial charge is 0.741 e. The van der Waals surface area contributed by atoms with E-state index in [-0.39, 0.29) is 10.5 Å². The number of ether oxygens (including phenoxy) is 2. The van der Waals surface area contributed by atoms with Crippen LogP contribution in [0, 0.1) is 6.92 Å². The molecule has 1 atom stereocenters. The molecule has 2 aromatic carbocycles. The fraction of sp³-hybridized carbons (Fsp3) is 0.190. The minimum atomic E-state index is -6.09. The predicted molar refractivity (Wildman–Crippen MR) is 117 cm³/mol. The molecule has 0 aliphatic heterocycles. The summed E-state index contributed by atoms with van der Waals surface area (Å²) in [5, 5.41) is 2.45. The van der Waals surface area contributed by atoms with Crippen LogP contribution in [0.2, 0.25) is 0 Å². The van der Waals surface area contributed by atoms with E-state index in [1.807, 2.05) is 24.5 Å². The third kappa shape index (κ3) is 4.64. The molecular formula is C21H18F3NO5S2. The van der Waals surface area contributed by atoms with Crippen molar-refractivity contribution in [2.24, 2.45) is 0 Å². The number of halogens is 3. The van der Waals surface area contributed by atoms with E-state index in [4.69, 9.17) is 22.4 Å². The number of hydrogen-bond acceptors (Lipinski definition) is 6. The van der Waals surface area contributed by atoms with E-state index in [1.165, 1.54) is 30.6 Å². The highest BCUT2D eigenvalue weighted by atomic mass is 32.2. The van der Waals surface area contributed by atoms with Gasteiger partial charge in [-0.3, -0.25) is 4.98 Å². The Labute approximate surface area is 184 Å². The van der Waals surface area contributed by atoms with Gasteiger partial charge in [0.05, 0.1) is 25.8 Å². The van der Waals surface area contributed by atoms with E-state index in [1.54, 1.807) is 14.2 Å². The van der Waals surface area contributed by atoms with Gasteiger partial charge in [0.1, 0.15) is 5.75 Å². The average molecular weight is 486 g/mol. The zero-order valence-corrected chi connectivity index (χ0v) is 18.8. The van der Waals surface area contributed by atoms with Crippen molar-refractivity contribution in [3.8, 4) is 16.4 Å². The molecule has 2 aromatic heterocycles. The lowest BCUT2D eigenvalue weighted by Crippen LogP contribution is -2.21. The number of aromatic nitrogens is 1. The molecule has 0 spiro atoms. The van der Waals surface area contributed by atoms with Gasteiger partial charge in [-0.25, -0.2) is 8.42 Å². The van der Waals surface area contributed by atoms with Gasteiger partial charge in [0.2, 0.25) is 4.70 Å². The van der Waals surface area contributed by atoms with Crippen LogP contribution in [0.15, 0.2) is 54.9 Å². The first-order valence-corrected chi connectivity index (χ1v) is 11.6. The van der Waals surface area contributed by atoms with E-state index in [0.29, 0.717) is 0 Å². The van der Waals surface area contributed by atoms with E-state index >= 15 is 0 Å². The Morgan fingerprint density at radius 2 is 1.72 bits per heavy atom. The molecule has 170 valence electrons. The second-order valence-electron chi connectivity index (χ2n) is 6.60. The van der Waals surface area contributed by atoms with Crippen molar-refractivity contribution in [2.45, 2.75) is 12.4 Å². The normalized spacial score (nSPS) is 12.4. The summed E-state index contributed by atoms with van der Waals surface area (Å²) in [6.45, 7) is 2.12. The molecule has 0 radical (unpaired) electrons. The van der Waals surface area contributed by atoms with E-state index < -0.39 is 15.6 Å². The Balaban J connectivity index is 0.000000312. The molecule has 0 saturated carbocycles. The summed E-state index contributed by atoms with van der Waals surface area (Å²) < 4.78 is 72.6. The first-order valence-electron chi connectivity index (χ1n) is 9.01. The summed E-state index contributed by atoms with van der Waals surface area (Å²) in [6, 6.07) is 14.9. The molecule has 32 heavy (non-hydrogen) atoms. The van der Waals surface area contributed by atoms with E-state index in [9.17, 15) is 13.2 Å². The maximum atomic E-state index is 10.7. The second kappa shape index (κ2) is 8.93. The average Bonchev–Trinajstić information content (AvgIpc) is 3.06. The van der Waals surface area contributed by atoms with Crippen LogP contribution in [-0.4, -0.2) is 37.7 Å². The standard InChI is InChI=1S/C20H18NO2S.CHF3O3S/c1-13-6-7-19-16(9-13)17-10-14(22-2)11-18(23-3)20(17)24(19)15-5-4-8-21-12-15;2-1(3,4)8(5,6)7/h4-12H,1-3H3;(H,5,6,7)/q+1;/p-1. The van der Waals surface area contributed by atoms with Crippen LogP contribution in [0.4, 0.5) is 13.2 Å². The zero-order valence-electron chi connectivity index (χ0n) is 17.1. The van der Waals surface area contributed by atoms with Gasteiger partial charge in [-0.2, -0.15) is 13.2 Å². The van der Waals surface area contributed by atoms with Gasteiger partial charge in [-0.05, 0) is 31.2 Å². The maximum absolute atomic E-state index is 10.7. The van der Waals surface area contributed by atoms with Crippen molar-refractivity contribution in [2.75, 3.05) is 14.2 Å². The topological polar surface area (TPSA) is 88.6 Å². The molecule has 0 saturated heterocycles. The van der Waals surface area contributed by atoms with E-state index in [2.05, 4.69) is 42.2 Å². The number of thiophene rings is 1. The van der Waals surface area contributed by atoms with Crippen LogP contribution in [-0.2, 0) is 10.1 Å². The number of hydrogen-bond donors (Lipinski definition) is 0. The molecule has 0 fully saturated rings. The Morgan fingerprint density at radius 3 is 2.25 bits per heavy atom. The van der Waals surface area contributed by atoms with Crippen molar-refractivity contribution in [3.05, 3.63) is 60.4 Å². The van der Waals surface area contributed by atoms with Crippen LogP contribution in [0.1, 0.15) is 5.56 Å². The molecule has 0 amide bonds. The van der Waals surface area contributed by atoms with Crippen molar-refractivity contribution in [1.29, 1.82) is 0 Å². The number of benzene rings is 2. The Kier molecular flexibility index (Phi) is 6.63. The van der Waals surface area contributed by atoms with Crippen LogP contribution < -0.4 is 9.47 Å². The molecular weight excluding hydrogens is 467 g/mol. The lowest BCUT2D eigenvalue weighted by Gasteiger charge is -2.08. The summed E-state index contributed by atoms with van der Waals surface area (Å²) in [5.74, 6) is 1.68. The lowest BCUT2D eigenvalue weighted by molar-refractivity contribution is -0.0517. The van der Waals surface area contributed by atoms with Crippen molar-refractivity contribution < 1.29 is 35.6 Å². The Bertz CT molecular complexity index is 1370. The molecule has 2 heterocycles. The summed E-state index contributed by atoms with van der Waals surface area (Å²) in [4.78, 5) is 5.52. The molecule has 4 aromatic rings. The van der Waals surface area contributed by atoms with Gasteiger partial charge in [-0.1, -0.05) is 11.6 Å². The highest BCUT2D eigenvalue weighted by Crippen LogP contribution is 2.52. The molecule has 4 rings (SSSR count). The molecule has 0 aliphatic rings. The summed E-state index contributed by atoms with van der Waals surface area (Å²) >= 11 is 0. The number of rotatable bonds is 3. The van der Waals surface area contributed by atoms with Gasteiger partial charge >= 0.3 is 5.51 Å². The lowest BCUT2D eigenvalue weighted by atomic mass is 10.1. The highest BCUT2D eigenvalue weighted by molar-refractivity contribution is 7.86. The minimum Gasteiger partial charge on any atom is -0.741 e. The first kappa shape index (κ1) is 23.8. The highest BCUT2D eigenvalue weighted by Gasteiger charge is 2.37. The van der Waals surface area contributed by atoms with Gasteiger partial charge in [0, 0.05) is 34.2 Å².